The molecule has 3 rings (SSSR count). The molecular formula is C13H16N4O2. The average Bonchev–Trinajstić information content (AvgIpc) is 2.81. The third-order valence-electron chi connectivity index (χ3n) is 3.45. The van der Waals surface area contributed by atoms with Gasteiger partial charge in [-0.2, -0.15) is 0 Å². The van der Waals surface area contributed by atoms with Crippen molar-refractivity contribution in [1.29, 1.82) is 0 Å². The van der Waals surface area contributed by atoms with E-state index in [4.69, 9.17) is 5.11 Å². The van der Waals surface area contributed by atoms with Gasteiger partial charge in [-0.15, -0.1) is 0 Å². The lowest BCUT2D eigenvalue weighted by Gasteiger charge is -2.32. The first-order valence-corrected chi connectivity index (χ1v) is 6.36. The smallest absolute Gasteiger partial charge is 0.407 e. The second-order valence-corrected chi connectivity index (χ2v) is 4.75. The van der Waals surface area contributed by atoms with E-state index >= 15 is 0 Å². The second-order valence-electron chi connectivity index (χ2n) is 4.75. The normalized spacial score (nSPS) is 16.9. The summed E-state index contributed by atoms with van der Waals surface area (Å²) in [4.78, 5) is 22.3. The molecule has 0 aliphatic carbocycles. The van der Waals surface area contributed by atoms with E-state index in [1.807, 2.05) is 24.3 Å². The lowest BCUT2D eigenvalue weighted by atomic mass is 10.3. The van der Waals surface area contributed by atoms with Crippen LogP contribution in [0.2, 0.25) is 0 Å². The summed E-state index contributed by atoms with van der Waals surface area (Å²) in [5.74, 6) is 0.935. The molecule has 2 N–H and O–H groups in total. The van der Waals surface area contributed by atoms with Crippen LogP contribution in [-0.2, 0) is 6.54 Å². The molecule has 6 nitrogen and oxygen atoms in total. The standard InChI is InChI=1S/C13H16N4O2/c18-13(19)17-7-5-16(6-8-17)9-12-14-10-3-1-2-4-11(10)15-12/h1-4H,5-9H2,(H,14,15)(H,18,19). The number of piperazine rings is 1. The maximum Gasteiger partial charge on any atom is 0.407 e. The van der Waals surface area contributed by atoms with Crippen molar-refractivity contribution >= 4 is 17.1 Å². The van der Waals surface area contributed by atoms with Gasteiger partial charge in [-0.05, 0) is 12.1 Å². The summed E-state index contributed by atoms with van der Waals surface area (Å²) in [5.41, 5.74) is 2.02. The summed E-state index contributed by atoms with van der Waals surface area (Å²) in [5, 5.41) is 8.90. The molecule has 1 aliphatic rings. The van der Waals surface area contributed by atoms with Gasteiger partial charge in [0.05, 0.1) is 17.6 Å². The molecule has 0 spiro atoms. The van der Waals surface area contributed by atoms with Gasteiger partial charge in [-0.3, -0.25) is 4.90 Å². The van der Waals surface area contributed by atoms with E-state index in [1.165, 1.54) is 4.90 Å². The van der Waals surface area contributed by atoms with Crippen LogP contribution in [0, 0.1) is 0 Å². The molecule has 100 valence electrons. The van der Waals surface area contributed by atoms with Gasteiger partial charge < -0.3 is 15.0 Å². The Hall–Kier alpha value is -2.08. The zero-order valence-electron chi connectivity index (χ0n) is 10.5. The van der Waals surface area contributed by atoms with Crippen molar-refractivity contribution in [3.05, 3.63) is 30.1 Å². The van der Waals surface area contributed by atoms with E-state index in [0.29, 0.717) is 13.1 Å². The molecule has 19 heavy (non-hydrogen) atoms. The quantitative estimate of drug-likeness (QED) is 0.855. The molecule has 0 saturated carbocycles. The monoisotopic (exact) mass is 260 g/mol. The van der Waals surface area contributed by atoms with Gasteiger partial charge in [-0.25, -0.2) is 9.78 Å². The Morgan fingerprint density at radius 1 is 1.26 bits per heavy atom. The molecular weight excluding hydrogens is 244 g/mol. The molecule has 1 amide bonds. The first-order chi connectivity index (χ1) is 9.22. The number of aromatic amines is 1. The summed E-state index contributed by atoms with van der Waals surface area (Å²) in [6.07, 6.45) is -0.830. The Kier molecular flexibility index (Phi) is 3.08. The van der Waals surface area contributed by atoms with Crippen molar-refractivity contribution in [2.75, 3.05) is 26.2 Å². The predicted molar refractivity (Wildman–Crippen MR) is 71.0 cm³/mol. The Balaban J connectivity index is 1.64. The van der Waals surface area contributed by atoms with E-state index in [2.05, 4.69) is 14.9 Å². The molecule has 1 aromatic carbocycles. The van der Waals surface area contributed by atoms with Crippen LogP contribution in [0.15, 0.2) is 24.3 Å². The number of hydrogen-bond acceptors (Lipinski definition) is 3. The van der Waals surface area contributed by atoms with Crippen LogP contribution in [0.25, 0.3) is 11.0 Å². The number of nitrogens with zero attached hydrogens (tertiary/aromatic N) is 3. The van der Waals surface area contributed by atoms with Crippen LogP contribution in [0.5, 0.6) is 0 Å². The van der Waals surface area contributed by atoms with Crippen LogP contribution in [0.1, 0.15) is 5.82 Å². The Morgan fingerprint density at radius 2 is 2.00 bits per heavy atom. The van der Waals surface area contributed by atoms with E-state index in [-0.39, 0.29) is 0 Å². The van der Waals surface area contributed by atoms with Crippen LogP contribution in [-0.4, -0.2) is 57.1 Å². The van der Waals surface area contributed by atoms with Crippen LogP contribution in [0.3, 0.4) is 0 Å². The lowest BCUT2D eigenvalue weighted by Crippen LogP contribution is -2.47. The molecule has 1 aromatic heterocycles. The molecule has 1 fully saturated rings. The maximum absolute atomic E-state index is 10.8. The minimum absolute atomic E-state index is 0.565. The van der Waals surface area contributed by atoms with Crippen LogP contribution in [0.4, 0.5) is 4.79 Å². The molecule has 0 radical (unpaired) electrons. The minimum Gasteiger partial charge on any atom is -0.465 e. The van der Waals surface area contributed by atoms with Crippen molar-refractivity contribution in [3.63, 3.8) is 0 Å². The Morgan fingerprint density at radius 3 is 2.68 bits per heavy atom. The fourth-order valence-electron chi connectivity index (χ4n) is 2.39. The van der Waals surface area contributed by atoms with Gasteiger partial charge in [-0.1, -0.05) is 12.1 Å². The van der Waals surface area contributed by atoms with Gasteiger partial charge in [0.1, 0.15) is 5.82 Å². The number of rotatable bonds is 2. The molecule has 0 bridgehead atoms. The molecule has 0 atom stereocenters. The molecule has 1 saturated heterocycles. The fourth-order valence-corrected chi connectivity index (χ4v) is 2.39. The topological polar surface area (TPSA) is 72.5 Å². The van der Waals surface area contributed by atoms with Gasteiger partial charge in [0, 0.05) is 26.2 Å². The number of fused-ring (bicyclic) bond motifs is 1. The highest BCUT2D eigenvalue weighted by molar-refractivity contribution is 5.74. The van der Waals surface area contributed by atoms with E-state index in [0.717, 1.165) is 36.5 Å². The van der Waals surface area contributed by atoms with Crippen LogP contribution >= 0.6 is 0 Å². The molecule has 2 heterocycles. The number of aromatic nitrogens is 2. The Bertz CT molecular complexity index is 554. The average molecular weight is 260 g/mol. The van der Waals surface area contributed by atoms with Crippen molar-refractivity contribution in [3.8, 4) is 0 Å². The molecule has 6 heteroatoms. The number of nitrogens with one attached hydrogen (secondary N) is 1. The van der Waals surface area contributed by atoms with E-state index in [1.54, 1.807) is 0 Å². The number of para-hydroxylation sites is 2. The van der Waals surface area contributed by atoms with E-state index < -0.39 is 6.09 Å². The lowest BCUT2D eigenvalue weighted by molar-refractivity contribution is 0.102. The number of benzene rings is 1. The number of carbonyl (C=O) groups is 1. The SMILES string of the molecule is O=C(O)N1CCN(Cc2nc3ccccc3[nH]2)CC1. The van der Waals surface area contributed by atoms with Gasteiger partial charge in [0.15, 0.2) is 0 Å². The molecule has 1 aliphatic heterocycles. The largest absolute Gasteiger partial charge is 0.465 e. The highest BCUT2D eigenvalue weighted by Gasteiger charge is 2.20. The maximum atomic E-state index is 10.8. The first-order valence-electron chi connectivity index (χ1n) is 6.36. The molecule has 0 unspecified atom stereocenters. The summed E-state index contributed by atoms with van der Waals surface area (Å²) in [6, 6.07) is 7.94. The highest BCUT2D eigenvalue weighted by Crippen LogP contribution is 2.12. The summed E-state index contributed by atoms with van der Waals surface area (Å²) in [6.45, 7) is 3.37. The summed E-state index contributed by atoms with van der Waals surface area (Å²) >= 11 is 0. The van der Waals surface area contributed by atoms with Gasteiger partial charge in [0.25, 0.3) is 0 Å². The number of hydrogen-bond donors (Lipinski definition) is 2. The summed E-state index contributed by atoms with van der Waals surface area (Å²) in [7, 11) is 0. The number of H-pyrrole nitrogens is 1. The number of imidazole rings is 1. The third kappa shape index (κ3) is 2.53. The first kappa shape index (κ1) is 12.0. The zero-order valence-corrected chi connectivity index (χ0v) is 10.5. The van der Waals surface area contributed by atoms with Crippen molar-refractivity contribution in [1.82, 2.24) is 19.8 Å². The highest BCUT2D eigenvalue weighted by atomic mass is 16.4. The van der Waals surface area contributed by atoms with Crippen molar-refractivity contribution in [2.24, 2.45) is 0 Å². The zero-order chi connectivity index (χ0) is 13.2. The predicted octanol–water partition coefficient (Wildman–Crippen LogP) is 1.36. The van der Waals surface area contributed by atoms with Crippen LogP contribution < -0.4 is 0 Å². The van der Waals surface area contributed by atoms with Gasteiger partial charge in [0.2, 0.25) is 0 Å². The Labute approximate surface area is 110 Å². The summed E-state index contributed by atoms with van der Waals surface area (Å²) < 4.78 is 0. The van der Waals surface area contributed by atoms with Crippen molar-refractivity contribution < 1.29 is 9.90 Å². The molecule has 2 aromatic rings. The second kappa shape index (κ2) is 4.89. The fraction of sp³-hybridized carbons (Fsp3) is 0.385. The number of amides is 1. The van der Waals surface area contributed by atoms with E-state index in [9.17, 15) is 4.79 Å². The van der Waals surface area contributed by atoms with Gasteiger partial charge >= 0.3 is 6.09 Å². The number of carboxylic acid groups (broad SMARTS) is 1. The van der Waals surface area contributed by atoms with Crippen molar-refractivity contribution in [2.45, 2.75) is 6.54 Å². The minimum atomic E-state index is -0.830. The third-order valence-corrected chi connectivity index (χ3v) is 3.45.